The van der Waals surface area contributed by atoms with Gasteiger partial charge >= 0.3 is 0 Å². The van der Waals surface area contributed by atoms with Crippen LogP contribution in [-0.4, -0.2) is 27.6 Å². The van der Waals surface area contributed by atoms with Crippen molar-refractivity contribution >= 4 is 17.5 Å². The highest BCUT2D eigenvalue weighted by atomic mass is 16.6. The second kappa shape index (κ2) is 9.04. The van der Waals surface area contributed by atoms with Gasteiger partial charge in [-0.05, 0) is 48.9 Å². The average molecular weight is 407 g/mol. The maximum absolute atomic E-state index is 12.2. The Kier molecular flexibility index (Phi) is 6.26. The molecule has 0 atom stereocenters. The molecule has 154 valence electrons. The smallest absolute Gasteiger partial charge is 0.272 e. The van der Waals surface area contributed by atoms with Gasteiger partial charge in [0.2, 0.25) is 5.78 Å². The van der Waals surface area contributed by atoms with Crippen LogP contribution in [-0.2, 0) is 13.7 Å². The number of carbonyl (C=O) groups is 1. The van der Waals surface area contributed by atoms with E-state index in [0.29, 0.717) is 22.8 Å². The van der Waals surface area contributed by atoms with Gasteiger partial charge in [-0.3, -0.25) is 19.6 Å². The second-order valence-electron chi connectivity index (χ2n) is 6.64. The number of aryl methyl sites for hydroxylation is 2. The molecule has 8 nitrogen and oxygen atoms in total. The van der Waals surface area contributed by atoms with E-state index in [4.69, 9.17) is 9.47 Å². The van der Waals surface area contributed by atoms with Crippen LogP contribution in [0, 0.1) is 17.0 Å². The molecule has 0 bridgehead atoms. The van der Waals surface area contributed by atoms with Crippen molar-refractivity contribution in [3.05, 3.63) is 87.2 Å². The van der Waals surface area contributed by atoms with Gasteiger partial charge in [-0.15, -0.1) is 0 Å². The molecule has 0 saturated carbocycles. The maximum atomic E-state index is 12.2. The van der Waals surface area contributed by atoms with Crippen molar-refractivity contribution in [3.63, 3.8) is 0 Å². The van der Waals surface area contributed by atoms with E-state index in [1.807, 2.05) is 12.1 Å². The molecular weight excluding hydrogens is 386 g/mol. The van der Waals surface area contributed by atoms with Crippen LogP contribution in [0.4, 0.5) is 5.69 Å². The number of ketones is 1. The van der Waals surface area contributed by atoms with Crippen molar-refractivity contribution in [2.75, 3.05) is 7.11 Å². The minimum atomic E-state index is -0.426. The Balaban J connectivity index is 1.74. The third-order valence-corrected chi connectivity index (χ3v) is 4.46. The van der Waals surface area contributed by atoms with Gasteiger partial charge in [-0.25, -0.2) is 0 Å². The number of benzene rings is 2. The molecule has 0 amide bonds. The van der Waals surface area contributed by atoms with E-state index in [9.17, 15) is 14.9 Å². The first-order chi connectivity index (χ1) is 14.4. The lowest BCUT2D eigenvalue weighted by Gasteiger charge is -2.12. The fraction of sp³-hybridized carbons (Fsp3) is 0.182. The largest absolute Gasteiger partial charge is 0.496 e. The Morgan fingerprint density at radius 2 is 2.03 bits per heavy atom. The predicted octanol–water partition coefficient (Wildman–Crippen LogP) is 4.12. The highest BCUT2D eigenvalue weighted by Gasteiger charge is 2.12. The van der Waals surface area contributed by atoms with Gasteiger partial charge < -0.3 is 9.47 Å². The molecule has 0 aliphatic rings. The summed E-state index contributed by atoms with van der Waals surface area (Å²) >= 11 is 0. The first-order valence-corrected chi connectivity index (χ1v) is 9.14. The number of carbonyl (C=O) groups excluding carboxylic acids is 1. The molecule has 3 aromatic rings. The number of nitro groups is 1. The maximum Gasteiger partial charge on any atom is 0.272 e. The van der Waals surface area contributed by atoms with Crippen LogP contribution < -0.4 is 9.47 Å². The van der Waals surface area contributed by atoms with Crippen LogP contribution in [0.3, 0.4) is 0 Å². The Labute approximate surface area is 173 Å². The van der Waals surface area contributed by atoms with Crippen molar-refractivity contribution < 1.29 is 19.2 Å². The number of aromatic nitrogens is 2. The molecule has 0 N–H and O–H groups in total. The topological polar surface area (TPSA) is 96.5 Å². The lowest BCUT2D eigenvalue weighted by molar-refractivity contribution is -0.385. The van der Waals surface area contributed by atoms with Crippen molar-refractivity contribution in [1.29, 1.82) is 0 Å². The summed E-state index contributed by atoms with van der Waals surface area (Å²) in [6, 6.07) is 11.8. The van der Waals surface area contributed by atoms with Crippen molar-refractivity contribution in [2.24, 2.45) is 7.05 Å². The normalized spacial score (nSPS) is 10.9. The van der Waals surface area contributed by atoms with Crippen LogP contribution in [0.1, 0.15) is 27.2 Å². The molecule has 1 heterocycles. The van der Waals surface area contributed by atoms with Gasteiger partial charge in [0.05, 0.1) is 12.0 Å². The lowest BCUT2D eigenvalue weighted by atomic mass is 10.1. The molecule has 0 spiro atoms. The zero-order chi connectivity index (χ0) is 21.7. The van der Waals surface area contributed by atoms with E-state index in [2.05, 4.69) is 5.10 Å². The van der Waals surface area contributed by atoms with E-state index >= 15 is 0 Å². The molecule has 0 aliphatic heterocycles. The SMILES string of the molecule is COc1ccc(/C=C/C(=O)c2ccn(C)n2)cc1COc1ccc([N+](=O)[O-])c(C)c1. The minimum absolute atomic E-state index is 0.0460. The molecule has 8 heteroatoms. The Morgan fingerprint density at radius 1 is 1.23 bits per heavy atom. The summed E-state index contributed by atoms with van der Waals surface area (Å²) in [5.41, 5.74) is 2.53. The number of hydrogen-bond acceptors (Lipinski definition) is 6. The zero-order valence-electron chi connectivity index (χ0n) is 16.9. The molecule has 0 radical (unpaired) electrons. The molecule has 0 unspecified atom stereocenters. The number of nitro benzene ring substituents is 1. The van der Waals surface area contributed by atoms with Gasteiger partial charge in [-0.2, -0.15) is 5.10 Å². The first kappa shape index (κ1) is 20.8. The summed E-state index contributed by atoms with van der Waals surface area (Å²) in [5, 5.41) is 15.0. The highest BCUT2D eigenvalue weighted by molar-refractivity contribution is 6.05. The van der Waals surface area contributed by atoms with Gasteiger partial charge in [0, 0.05) is 30.4 Å². The van der Waals surface area contributed by atoms with Crippen LogP contribution in [0.2, 0.25) is 0 Å². The molecule has 3 rings (SSSR count). The standard InChI is InChI=1S/C22H21N3O5/c1-15-12-18(6-7-20(15)25(27)28)30-14-17-13-16(5-9-22(17)29-3)4-8-21(26)19-10-11-24(2)23-19/h4-13H,14H2,1-3H3/b8-4+. The zero-order valence-corrected chi connectivity index (χ0v) is 16.9. The molecule has 30 heavy (non-hydrogen) atoms. The number of hydrogen-bond donors (Lipinski definition) is 0. The number of allylic oxidation sites excluding steroid dienone is 1. The highest BCUT2D eigenvalue weighted by Crippen LogP contribution is 2.26. The number of nitrogens with zero attached hydrogens (tertiary/aromatic N) is 3. The van der Waals surface area contributed by atoms with Gasteiger partial charge in [0.1, 0.15) is 23.8 Å². The van der Waals surface area contributed by atoms with Crippen molar-refractivity contribution in [1.82, 2.24) is 9.78 Å². The van der Waals surface area contributed by atoms with E-state index in [1.165, 1.54) is 12.1 Å². The Hall–Kier alpha value is -3.94. The van der Waals surface area contributed by atoms with E-state index in [1.54, 1.807) is 62.3 Å². The van der Waals surface area contributed by atoms with Gasteiger partial charge in [0.25, 0.3) is 5.69 Å². The van der Waals surface area contributed by atoms with E-state index in [0.717, 1.165) is 11.1 Å². The molecule has 2 aromatic carbocycles. The van der Waals surface area contributed by atoms with Crippen LogP contribution in [0.25, 0.3) is 6.08 Å². The number of rotatable bonds is 8. The number of methoxy groups -OCH3 is 1. The predicted molar refractivity (Wildman–Crippen MR) is 112 cm³/mol. The Morgan fingerprint density at radius 3 is 2.67 bits per heavy atom. The van der Waals surface area contributed by atoms with Gasteiger partial charge in [-0.1, -0.05) is 12.1 Å². The van der Waals surface area contributed by atoms with E-state index < -0.39 is 4.92 Å². The molecule has 0 aliphatic carbocycles. The second-order valence-corrected chi connectivity index (χ2v) is 6.64. The van der Waals surface area contributed by atoms with Crippen LogP contribution >= 0.6 is 0 Å². The van der Waals surface area contributed by atoms with Crippen molar-refractivity contribution in [2.45, 2.75) is 13.5 Å². The van der Waals surface area contributed by atoms with E-state index in [-0.39, 0.29) is 18.1 Å². The molecular formula is C22H21N3O5. The average Bonchev–Trinajstić information content (AvgIpc) is 3.16. The molecule has 1 aromatic heterocycles. The first-order valence-electron chi connectivity index (χ1n) is 9.14. The molecule has 0 fully saturated rings. The quantitative estimate of drug-likeness (QED) is 0.241. The monoisotopic (exact) mass is 407 g/mol. The summed E-state index contributed by atoms with van der Waals surface area (Å²) in [5.74, 6) is 0.971. The van der Waals surface area contributed by atoms with Crippen LogP contribution in [0.15, 0.2) is 54.7 Å². The minimum Gasteiger partial charge on any atom is -0.496 e. The number of ether oxygens (including phenoxy) is 2. The summed E-state index contributed by atoms with van der Waals surface area (Å²) in [6.07, 6.45) is 4.88. The fourth-order valence-electron chi connectivity index (χ4n) is 2.90. The van der Waals surface area contributed by atoms with Crippen LogP contribution in [0.5, 0.6) is 11.5 Å². The van der Waals surface area contributed by atoms with Gasteiger partial charge in [0.15, 0.2) is 0 Å². The summed E-state index contributed by atoms with van der Waals surface area (Å²) in [6.45, 7) is 1.87. The summed E-state index contributed by atoms with van der Waals surface area (Å²) < 4.78 is 12.8. The Bertz CT molecular complexity index is 1120. The lowest BCUT2D eigenvalue weighted by Crippen LogP contribution is -2.00. The molecule has 0 saturated heterocycles. The third-order valence-electron chi connectivity index (χ3n) is 4.46. The summed E-state index contributed by atoms with van der Waals surface area (Å²) in [7, 11) is 3.32. The third kappa shape index (κ3) is 4.91. The summed E-state index contributed by atoms with van der Waals surface area (Å²) in [4.78, 5) is 22.7. The fourth-order valence-corrected chi connectivity index (χ4v) is 2.90. The van der Waals surface area contributed by atoms with Crippen molar-refractivity contribution in [3.8, 4) is 11.5 Å².